The fourth-order valence-corrected chi connectivity index (χ4v) is 4.90. The van der Waals surface area contributed by atoms with Crippen LogP contribution < -0.4 is 0 Å². The number of carbonyl (C=O) groups excluding carboxylic acids is 1. The molecule has 0 saturated heterocycles. The molecule has 2 rings (SSSR count). The first-order valence-corrected chi connectivity index (χ1v) is 10.6. The van der Waals surface area contributed by atoms with Crippen molar-refractivity contribution >= 4 is 46.2 Å². The van der Waals surface area contributed by atoms with E-state index in [1.54, 1.807) is 12.4 Å². The van der Waals surface area contributed by atoms with Crippen LogP contribution in [-0.4, -0.2) is 55.3 Å². The van der Waals surface area contributed by atoms with Gasteiger partial charge in [0.2, 0.25) is 11.8 Å². The quantitative estimate of drug-likeness (QED) is 0.438. The third kappa shape index (κ3) is 6.94. The minimum atomic E-state index is -2.69. The molecule has 0 N–H and O–H groups in total. The van der Waals surface area contributed by atoms with Crippen molar-refractivity contribution in [3.63, 3.8) is 0 Å². The van der Waals surface area contributed by atoms with Crippen molar-refractivity contribution in [2.45, 2.75) is 36.4 Å². The number of alkyl halides is 2. The number of thioether (sulfide) groups is 2. The summed E-state index contributed by atoms with van der Waals surface area (Å²) in [5, 5.41) is -0.501. The van der Waals surface area contributed by atoms with E-state index in [9.17, 15) is 13.6 Å². The van der Waals surface area contributed by atoms with Crippen LogP contribution in [0.5, 0.6) is 0 Å². The predicted octanol–water partition coefficient (Wildman–Crippen LogP) is 3.82. The lowest BCUT2D eigenvalue weighted by molar-refractivity contribution is -0.129. The lowest BCUT2D eigenvalue weighted by Crippen LogP contribution is -2.41. The highest BCUT2D eigenvalue weighted by atomic mass is 35.5. The van der Waals surface area contributed by atoms with Gasteiger partial charge < -0.3 is 4.90 Å². The minimum Gasteiger partial charge on any atom is -0.313 e. The number of carbonyl (C=O) groups is 1. The maximum Gasteiger partial charge on any atom is 0.246 e. The molecule has 1 aliphatic rings. The Balaban J connectivity index is 1.91. The molecule has 10 heteroatoms. The van der Waals surface area contributed by atoms with E-state index in [-0.39, 0.29) is 35.8 Å². The standard InChI is InChI=1S/C17H19ClF2N4OS2/c1-3-6-24(13(25)4-7-26-8-5-17(2,19)20)16-14(18)23-15(27-16)12-9-21-11-22-10-12/h1,9-11,15-16H,4-8H2,2H3. The smallest absolute Gasteiger partial charge is 0.246 e. The van der Waals surface area contributed by atoms with Crippen LogP contribution in [0, 0.1) is 12.3 Å². The normalized spacial score (nSPS) is 19.4. The first-order chi connectivity index (χ1) is 12.8. The highest BCUT2D eigenvalue weighted by Gasteiger charge is 2.35. The molecule has 1 aliphatic heterocycles. The number of nitrogens with zero attached hydrogens (tertiary/aromatic N) is 4. The third-order valence-corrected chi connectivity index (χ3v) is 6.37. The molecule has 5 nitrogen and oxygen atoms in total. The molecular formula is C17H19ClF2N4OS2. The Hall–Kier alpha value is -1.37. The number of halogens is 3. The summed E-state index contributed by atoms with van der Waals surface area (Å²) in [6.07, 6.45) is 10.1. The maximum atomic E-state index is 12.8. The van der Waals surface area contributed by atoms with Crippen LogP contribution in [0.25, 0.3) is 0 Å². The number of rotatable bonds is 9. The number of aliphatic imine (C=N–C) groups is 1. The van der Waals surface area contributed by atoms with E-state index in [1.807, 2.05) is 0 Å². The van der Waals surface area contributed by atoms with Crippen LogP contribution in [-0.2, 0) is 4.79 Å². The number of hydrogen-bond acceptors (Lipinski definition) is 6. The van der Waals surface area contributed by atoms with E-state index >= 15 is 0 Å². The molecular weight excluding hydrogens is 414 g/mol. The predicted molar refractivity (Wildman–Crippen MR) is 107 cm³/mol. The topological polar surface area (TPSA) is 58.5 Å². The Morgan fingerprint density at radius 2 is 2.15 bits per heavy atom. The maximum absolute atomic E-state index is 12.8. The van der Waals surface area contributed by atoms with Crippen molar-refractivity contribution in [3.8, 4) is 12.3 Å². The molecule has 0 radical (unpaired) electrons. The van der Waals surface area contributed by atoms with E-state index in [2.05, 4.69) is 20.9 Å². The van der Waals surface area contributed by atoms with Gasteiger partial charge in [-0.15, -0.1) is 6.42 Å². The van der Waals surface area contributed by atoms with Crippen molar-refractivity contribution in [1.29, 1.82) is 0 Å². The zero-order valence-corrected chi connectivity index (χ0v) is 17.0. The van der Waals surface area contributed by atoms with Crippen molar-refractivity contribution in [1.82, 2.24) is 14.9 Å². The van der Waals surface area contributed by atoms with Gasteiger partial charge in [-0.05, 0) is 12.7 Å². The van der Waals surface area contributed by atoms with Gasteiger partial charge in [0.15, 0.2) is 0 Å². The molecule has 0 bridgehead atoms. The minimum absolute atomic E-state index is 0.0952. The van der Waals surface area contributed by atoms with Crippen molar-refractivity contribution in [3.05, 3.63) is 24.3 Å². The van der Waals surface area contributed by atoms with Crippen molar-refractivity contribution in [2.75, 3.05) is 18.1 Å². The second kappa shape index (κ2) is 10.2. The molecule has 0 aromatic carbocycles. The molecule has 1 aromatic heterocycles. The zero-order chi connectivity index (χ0) is 19.9. The largest absolute Gasteiger partial charge is 0.313 e. The molecule has 0 aliphatic carbocycles. The summed E-state index contributed by atoms with van der Waals surface area (Å²) < 4.78 is 25.6. The second-order valence-corrected chi connectivity index (χ2v) is 8.65. The third-order valence-electron chi connectivity index (χ3n) is 3.58. The molecule has 146 valence electrons. The average molecular weight is 433 g/mol. The molecule has 0 fully saturated rings. The van der Waals surface area contributed by atoms with Crippen molar-refractivity contribution < 1.29 is 13.6 Å². The summed E-state index contributed by atoms with van der Waals surface area (Å²) in [7, 11) is 0. The lowest BCUT2D eigenvalue weighted by Gasteiger charge is -2.26. The molecule has 1 aromatic rings. The fourth-order valence-electron chi connectivity index (χ4n) is 2.23. The van der Waals surface area contributed by atoms with Crippen LogP contribution in [0.15, 0.2) is 23.7 Å². The number of terminal acetylenes is 1. The zero-order valence-electron chi connectivity index (χ0n) is 14.6. The Labute approximate surface area is 170 Å². The van der Waals surface area contributed by atoms with Gasteiger partial charge in [-0.25, -0.2) is 18.7 Å². The summed E-state index contributed by atoms with van der Waals surface area (Å²) in [5.74, 6) is 0.338. The Morgan fingerprint density at radius 3 is 2.78 bits per heavy atom. The average Bonchev–Trinajstić information content (AvgIpc) is 3.00. The van der Waals surface area contributed by atoms with Crippen molar-refractivity contribution in [2.24, 2.45) is 4.99 Å². The summed E-state index contributed by atoms with van der Waals surface area (Å²) >= 11 is 8.97. The second-order valence-electron chi connectivity index (χ2n) is 5.87. The van der Waals surface area contributed by atoms with Crippen LogP contribution in [0.3, 0.4) is 0 Å². The molecule has 1 amide bonds. The van der Waals surface area contributed by atoms with E-state index in [0.29, 0.717) is 11.5 Å². The Kier molecular flexibility index (Phi) is 8.32. The lowest BCUT2D eigenvalue weighted by atomic mass is 10.3. The highest BCUT2D eigenvalue weighted by Crippen LogP contribution is 2.42. The van der Waals surface area contributed by atoms with Crippen LogP contribution in [0.4, 0.5) is 8.78 Å². The number of aromatic nitrogens is 2. The van der Waals surface area contributed by atoms with E-state index in [0.717, 1.165) is 12.5 Å². The first-order valence-electron chi connectivity index (χ1n) is 8.14. The van der Waals surface area contributed by atoms with Gasteiger partial charge in [0.05, 0.1) is 6.54 Å². The van der Waals surface area contributed by atoms with Gasteiger partial charge in [0.1, 0.15) is 22.2 Å². The molecule has 2 atom stereocenters. The van der Waals surface area contributed by atoms with Gasteiger partial charge in [-0.2, -0.15) is 11.8 Å². The number of hydrogen-bond donors (Lipinski definition) is 0. The molecule has 0 spiro atoms. The summed E-state index contributed by atoms with van der Waals surface area (Å²) in [6.45, 7) is 0.984. The SMILES string of the molecule is C#CCN(C(=O)CCSCCC(C)(F)F)C1SC(c2cncnc2)N=C1Cl. The van der Waals surface area contributed by atoms with Crippen LogP contribution >= 0.6 is 35.1 Å². The van der Waals surface area contributed by atoms with Crippen LogP contribution in [0.1, 0.15) is 30.7 Å². The molecule has 0 saturated carbocycles. The Bertz CT molecular complexity index is 709. The van der Waals surface area contributed by atoms with E-state index < -0.39 is 11.3 Å². The molecule has 27 heavy (non-hydrogen) atoms. The molecule has 2 heterocycles. The Morgan fingerprint density at radius 1 is 1.44 bits per heavy atom. The van der Waals surface area contributed by atoms with Gasteiger partial charge in [-0.1, -0.05) is 29.3 Å². The van der Waals surface area contributed by atoms with Gasteiger partial charge >= 0.3 is 0 Å². The van der Waals surface area contributed by atoms with E-state index in [1.165, 1.54) is 34.8 Å². The summed E-state index contributed by atoms with van der Waals surface area (Å²) in [5.41, 5.74) is 0.785. The monoisotopic (exact) mass is 432 g/mol. The van der Waals surface area contributed by atoms with Gasteiger partial charge in [0.25, 0.3) is 0 Å². The molecule has 2 unspecified atom stereocenters. The fraction of sp³-hybridized carbons (Fsp3) is 0.529. The van der Waals surface area contributed by atoms with Gasteiger partial charge in [-0.3, -0.25) is 9.79 Å². The van der Waals surface area contributed by atoms with Crippen LogP contribution in [0.2, 0.25) is 0 Å². The summed E-state index contributed by atoms with van der Waals surface area (Å²) in [4.78, 5) is 26.4. The summed E-state index contributed by atoms with van der Waals surface area (Å²) in [6, 6.07) is 0. The highest BCUT2D eigenvalue weighted by molar-refractivity contribution is 8.01. The number of amides is 1. The van der Waals surface area contributed by atoms with E-state index in [4.69, 9.17) is 18.0 Å². The first kappa shape index (κ1) is 21.9. The van der Waals surface area contributed by atoms with Gasteiger partial charge in [0, 0.05) is 36.6 Å².